The summed E-state index contributed by atoms with van der Waals surface area (Å²) in [5.41, 5.74) is 0.541. The lowest BCUT2D eigenvalue weighted by Crippen LogP contribution is -2.59. The third-order valence-electron chi connectivity index (χ3n) is 13.9. The lowest BCUT2D eigenvalue weighted by atomic mass is 9.85. The Labute approximate surface area is 541 Å². The molecule has 0 spiro atoms. The lowest BCUT2D eigenvalue weighted by molar-refractivity contribution is -0.131. The molecule has 0 radical (unpaired) electrons. The second-order valence-electron chi connectivity index (χ2n) is 22.9. The lowest BCUT2D eigenvalue weighted by Gasteiger charge is -2.35. The zero-order chi connectivity index (χ0) is 67.2. The van der Waals surface area contributed by atoms with Crippen molar-refractivity contribution < 1.29 is 76.4 Å². The zero-order valence-electron chi connectivity index (χ0n) is 54.7. The molecular weight excluding hydrogens is 1190 g/mol. The Balaban J connectivity index is 1.47. The highest BCUT2D eigenvalue weighted by atomic mass is 16.5. The van der Waals surface area contributed by atoms with Gasteiger partial charge >= 0.3 is 0 Å². The van der Waals surface area contributed by atoms with E-state index >= 15 is 0 Å². The van der Waals surface area contributed by atoms with Crippen molar-refractivity contribution in [3.8, 4) is 17.2 Å². The number of hydrogen-bond donors (Lipinski definition) is 10. The fourth-order valence-electron chi connectivity index (χ4n) is 8.46. The van der Waals surface area contributed by atoms with Gasteiger partial charge in [0.2, 0.25) is 59.1 Å². The van der Waals surface area contributed by atoms with Crippen LogP contribution in [0.2, 0.25) is 0 Å². The van der Waals surface area contributed by atoms with E-state index in [0.717, 1.165) is 6.42 Å². The molecule has 0 aliphatic carbocycles. The molecule has 3 aromatic carbocycles. The Morgan fingerprint density at radius 2 is 0.620 bits per heavy atom. The number of amides is 10. The van der Waals surface area contributed by atoms with E-state index in [0.29, 0.717) is 138 Å². The molecule has 0 saturated heterocycles. The van der Waals surface area contributed by atoms with Crippen molar-refractivity contribution in [2.45, 2.75) is 143 Å². The van der Waals surface area contributed by atoms with E-state index in [1.165, 1.54) is 20.8 Å². The summed E-state index contributed by atoms with van der Waals surface area (Å²) in [6.07, 6.45) is 5.25. The second-order valence-corrected chi connectivity index (χ2v) is 22.9. The molecule has 510 valence electrons. The molecule has 0 aliphatic rings. The predicted molar refractivity (Wildman–Crippen MR) is 349 cm³/mol. The fourth-order valence-corrected chi connectivity index (χ4v) is 8.46. The third kappa shape index (κ3) is 39.0. The van der Waals surface area contributed by atoms with Crippen LogP contribution < -0.4 is 67.4 Å². The smallest absolute Gasteiger partial charge is 0.222 e. The summed E-state index contributed by atoms with van der Waals surface area (Å²) >= 11 is 0. The summed E-state index contributed by atoms with van der Waals surface area (Å²) in [6.45, 7) is 12.9. The number of carbonyl (C=O) groups excluding carboxylic acids is 10. The summed E-state index contributed by atoms with van der Waals surface area (Å²) in [6, 6.07) is 20.8. The maximum atomic E-state index is 13.8. The van der Waals surface area contributed by atoms with Gasteiger partial charge in [-0.1, -0.05) is 27.2 Å². The number of anilines is 3. The molecule has 92 heavy (non-hydrogen) atoms. The number of nitrogens with one attached hydrogen (secondary N) is 10. The molecule has 0 saturated carbocycles. The minimum atomic E-state index is -1.31. The van der Waals surface area contributed by atoms with Crippen LogP contribution in [-0.4, -0.2) is 163 Å². The first-order valence-electron chi connectivity index (χ1n) is 31.8. The fraction of sp³-hybridized carbons (Fsp3) is 0.576. The van der Waals surface area contributed by atoms with Crippen LogP contribution in [-0.2, 0) is 62.2 Å². The average molecular weight is 1290 g/mol. The van der Waals surface area contributed by atoms with Gasteiger partial charge in [-0.3, -0.25) is 47.9 Å². The minimum absolute atomic E-state index is 0.0191. The van der Waals surface area contributed by atoms with Gasteiger partial charge in [0.05, 0.1) is 59.5 Å². The molecule has 10 amide bonds. The maximum absolute atomic E-state index is 13.8. The summed E-state index contributed by atoms with van der Waals surface area (Å²) in [7, 11) is 0. The van der Waals surface area contributed by atoms with Gasteiger partial charge in [0.25, 0.3) is 0 Å². The highest BCUT2D eigenvalue weighted by Crippen LogP contribution is 2.26. The molecule has 3 rings (SSSR count). The number of hydrogen-bond acceptors (Lipinski definition) is 16. The van der Waals surface area contributed by atoms with Crippen molar-refractivity contribution >= 4 is 76.1 Å². The van der Waals surface area contributed by atoms with Crippen LogP contribution in [0.3, 0.4) is 0 Å². The number of carbonyl (C=O) groups is 10. The largest absolute Gasteiger partial charge is 0.494 e. The van der Waals surface area contributed by atoms with Gasteiger partial charge in [-0.15, -0.1) is 0 Å². The van der Waals surface area contributed by atoms with Crippen molar-refractivity contribution in [2.75, 3.05) is 115 Å². The van der Waals surface area contributed by atoms with Crippen LogP contribution in [0.25, 0.3) is 0 Å². The van der Waals surface area contributed by atoms with Gasteiger partial charge in [-0.2, -0.15) is 0 Å². The molecule has 0 heterocycles. The van der Waals surface area contributed by atoms with Crippen LogP contribution in [0.15, 0.2) is 72.8 Å². The normalized spacial score (nSPS) is 11.1. The second kappa shape index (κ2) is 45.8. The van der Waals surface area contributed by atoms with Gasteiger partial charge in [0, 0.05) is 122 Å². The molecule has 26 nitrogen and oxygen atoms in total. The summed E-state index contributed by atoms with van der Waals surface area (Å²) < 4.78 is 35.3. The molecule has 0 fully saturated rings. The summed E-state index contributed by atoms with van der Waals surface area (Å²) in [5.74, 6) is -0.260. The number of ether oxygens (including phenoxy) is 6. The Kier molecular flexibility index (Phi) is 38.8. The maximum Gasteiger partial charge on any atom is 0.222 e. The molecule has 26 heteroatoms. The van der Waals surface area contributed by atoms with Gasteiger partial charge in [-0.25, -0.2) is 0 Å². The van der Waals surface area contributed by atoms with Gasteiger partial charge in [0.15, 0.2) is 0 Å². The first-order valence-corrected chi connectivity index (χ1v) is 31.8. The van der Waals surface area contributed by atoms with Crippen LogP contribution in [0.4, 0.5) is 17.1 Å². The number of benzene rings is 3. The molecular formula is C66H100N10O16. The highest BCUT2D eigenvalue weighted by Gasteiger charge is 2.34. The molecule has 0 bridgehead atoms. The predicted octanol–water partition coefficient (Wildman–Crippen LogP) is 5.60. The van der Waals surface area contributed by atoms with Crippen LogP contribution in [0.1, 0.15) is 138 Å². The van der Waals surface area contributed by atoms with E-state index in [2.05, 4.69) is 73.9 Å². The number of rotatable bonds is 50. The van der Waals surface area contributed by atoms with E-state index in [1.807, 2.05) is 0 Å². The summed E-state index contributed by atoms with van der Waals surface area (Å²) in [5, 5.41) is 28.2. The molecule has 0 atom stereocenters. The van der Waals surface area contributed by atoms with E-state index in [1.54, 1.807) is 72.8 Å². The third-order valence-corrected chi connectivity index (χ3v) is 13.9. The molecule has 3 aromatic rings. The quantitative estimate of drug-likeness (QED) is 0.0308. The standard InChI is InChI=1S/C66H100N10O16/c1-7-65(5,6)33-29-64(86)76-66(46-87-43-30-61(83)70-37-11-34-67-58(80)14-8-40-90-55-23-17-52(18-24-55)73-49(2)77,47-88-44-31-62(84)71-38-12-35-68-59(81)15-9-41-91-56-25-19-53(20-26-56)74-50(3)78)48-89-45-32-63(85)72-39-13-36-69-60(82)16-10-42-92-57-27-21-54(22-28-57)75-51(4)79/h17-28H,7-16,29-48H2,1-6H3,(H,67,80)(H,68,81)(H,69,82)(H,70,83)(H,71,84)(H,72,85)(H,73,77)(H,74,78)(H,75,79)(H,76,86). The Hall–Kier alpha value is -8.36. The van der Waals surface area contributed by atoms with Crippen molar-refractivity contribution in [1.29, 1.82) is 0 Å². The van der Waals surface area contributed by atoms with Crippen molar-refractivity contribution in [2.24, 2.45) is 5.41 Å². The van der Waals surface area contributed by atoms with Gasteiger partial charge < -0.3 is 81.6 Å². The molecule has 0 aliphatic heterocycles. The van der Waals surface area contributed by atoms with Gasteiger partial charge in [0.1, 0.15) is 22.8 Å². The Bertz CT molecular complexity index is 2450. The monoisotopic (exact) mass is 1290 g/mol. The first kappa shape index (κ1) is 77.9. The van der Waals surface area contributed by atoms with Crippen molar-refractivity contribution in [1.82, 2.24) is 37.2 Å². The van der Waals surface area contributed by atoms with E-state index in [-0.39, 0.29) is 149 Å². The molecule has 10 N–H and O–H groups in total. The zero-order valence-corrected chi connectivity index (χ0v) is 54.7. The average Bonchev–Trinajstić information content (AvgIpc) is 1.25. The highest BCUT2D eigenvalue weighted by molar-refractivity contribution is 5.90. The van der Waals surface area contributed by atoms with Gasteiger partial charge in [-0.05, 0) is 123 Å². The van der Waals surface area contributed by atoms with E-state index in [4.69, 9.17) is 28.4 Å². The topological polar surface area (TPSA) is 346 Å². The van der Waals surface area contributed by atoms with E-state index in [9.17, 15) is 47.9 Å². The first-order chi connectivity index (χ1) is 44.1. The van der Waals surface area contributed by atoms with Crippen LogP contribution >= 0.6 is 0 Å². The summed E-state index contributed by atoms with van der Waals surface area (Å²) in [4.78, 5) is 123. The SMILES string of the molecule is CCC(C)(C)CCC(=O)NC(COCCC(=O)NCCCNC(=O)CCCOc1ccc(NC(C)=O)cc1)(COCCC(=O)NCCCNC(=O)CCCOc1ccc(NC(C)=O)cc1)COCCC(=O)NCCCNC(=O)CCCOc1ccc(NC(C)=O)cc1. The molecule has 0 aromatic heterocycles. The van der Waals surface area contributed by atoms with Crippen molar-refractivity contribution in [3.63, 3.8) is 0 Å². The van der Waals surface area contributed by atoms with Crippen molar-refractivity contribution in [3.05, 3.63) is 72.8 Å². The minimum Gasteiger partial charge on any atom is -0.494 e. The Morgan fingerprint density at radius 1 is 0.348 bits per heavy atom. The van der Waals surface area contributed by atoms with Crippen LogP contribution in [0.5, 0.6) is 17.2 Å². The molecule has 0 unspecified atom stereocenters. The van der Waals surface area contributed by atoms with E-state index < -0.39 is 5.54 Å². The van der Waals surface area contributed by atoms with Crippen LogP contribution in [0, 0.1) is 5.41 Å². The Morgan fingerprint density at radius 3 is 0.880 bits per heavy atom.